The molecule has 0 saturated carbocycles. The summed E-state index contributed by atoms with van der Waals surface area (Å²) in [6.45, 7) is 2.40. The first-order valence-corrected chi connectivity index (χ1v) is 5.07. The molecule has 1 rings (SSSR count). The van der Waals surface area contributed by atoms with E-state index in [1.807, 2.05) is 5.38 Å². The lowest BCUT2D eigenvalue weighted by Gasteiger charge is -2.01. The Balaban J connectivity index is 2.09. The average molecular weight is 202 g/mol. The van der Waals surface area contributed by atoms with Crippen molar-refractivity contribution in [1.82, 2.24) is 10.3 Å². The number of rotatable bonds is 6. The number of aromatic amines is 1. The molecule has 0 atom stereocenters. The summed E-state index contributed by atoms with van der Waals surface area (Å²) in [5, 5.41) is 5.05. The van der Waals surface area contributed by atoms with E-state index in [9.17, 15) is 4.79 Å². The standard InChI is InChI=1S/C8H14N2O2S/c1-12-4-2-3-9-5-7-6-13-8(11)10-7/h6,9H,2-5H2,1H3,(H,10,11). The van der Waals surface area contributed by atoms with Gasteiger partial charge in [0.05, 0.1) is 0 Å². The zero-order chi connectivity index (χ0) is 9.52. The van der Waals surface area contributed by atoms with Crippen molar-refractivity contribution < 1.29 is 4.74 Å². The molecule has 13 heavy (non-hydrogen) atoms. The van der Waals surface area contributed by atoms with Gasteiger partial charge >= 0.3 is 4.87 Å². The molecule has 0 saturated heterocycles. The first kappa shape index (κ1) is 10.4. The maximum Gasteiger partial charge on any atom is 0.304 e. The number of thiazole rings is 1. The van der Waals surface area contributed by atoms with Gasteiger partial charge in [0.15, 0.2) is 0 Å². The van der Waals surface area contributed by atoms with Crippen molar-refractivity contribution in [3.63, 3.8) is 0 Å². The van der Waals surface area contributed by atoms with Crippen molar-refractivity contribution in [2.75, 3.05) is 20.3 Å². The number of nitrogens with one attached hydrogen (secondary N) is 2. The molecule has 5 heteroatoms. The lowest BCUT2D eigenvalue weighted by atomic mass is 10.4. The Kier molecular flexibility index (Phi) is 4.74. The molecule has 0 radical (unpaired) electrons. The summed E-state index contributed by atoms with van der Waals surface area (Å²) < 4.78 is 4.90. The Labute approximate surface area is 80.9 Å². The van der Waals surface area contributed by atoms with E-state index in [2.05, 4.69) is 10.3 Å². The van der Waals surface area contributed by atoms with Gasteiger partial charge in [-0.1, -0.05) is 11.3 Å². The highest BCUT2D eigenvalue weighted by Gasteiger charge is 1.94. The van der Waals surface area contributed by atoms with Gasteiger partial charge in [-0.15, -0.1) is 0 Å². The van der Waals surface area contributed by atoms with Gasteiger partial charge in [0.25, 0.3) is 0 Å². The van der Waals surface area contributed by atoms with Crippen LogP contribution in [0.25, 0.3) is 0 Å². The minimum Gasteiger partial charge on any atom is -0.385 e. The van der Waals surface area contributed by atoms with Gasteiger partial charge < -0.3 is 15.0 Å². The number of hydrogen-bond acceptors (Lipinski definition) is 4. The van der Waals surface area contributed by atoms with Crippen LogP contribution >= 0.6 is 11.3 Å². The third-order valence-electron chi connectivity index (χ3n) is 1.59. The van der Waals surface area contributed by atoms with Crippen LogP contribution in [0.15, 0.2) is 10.2 Å². The maximum atomic E-state index is 10.7. The summed E-state index contributed by atoms with van der Waals surface area (Å²) in [6.07, 6.45) is 0.991. The van der Waals surface area contributed by atoms with E-state index in [1.165, 1.54) is 11.3 Å². The van der Waals surface area contributed by atoms with Gasteiger partial charge in [0.2, 0.25) is 0 Å². The smallest absolute Gasteiger partial charge is 0.304 e. The maximum absolute atomic E-state index is 10.7. The van der Waals surface area contributed by atoms with Crippen LogP contribution < -0.4 is 10.2 Å². The highest BCUT2D eigenvalue weighted by atomic mass is 32.1. The Hall–Kier alpha value is -0.650. The molecule has 0 aliphatic heterocycles. The van der Waals surface area contributed by atoms with Gasteiger partial charge in [0, 0.05) is 31.3 Å². The fourth-order valence-corrected chi connectivity index (χ4v) is 1.55. The first-order chi connectivity index (χ1) is 6.33. The third-order valence-corrected chi connectivity index (χ3v) is 2.31. The molecular formula is C8H14N2O2S. The van der Waals surface area contributed by atoms with Crippen LogP contribution in [-0.4, -0.2) is 25.2 Å². The monoisotopic (exact) mass is 202 g/mol. The van der Waals surface area contributed by atoms with Crippen LogP contribution in [0.3, 0.4) is 0 Å². The van der Waals surface area contributed by atoms with E-state index in [4.69, 9.17) is 4.74 Å². The molecular weight excluding hydrogens is 188 g/mol. The minimum absolute atomic E-state index is 0.00805. The second kappa shape index (κ2) is 5.90. The molecule has 0 aliphatic carbocycles. The molecule has 0 amide bonds. The molecule has 4 nitrogen and oxygen atoms in total. The number of ether oxygens (including phenoxy) is 1. The van der Waals surface area contributed by atoms with E-state index in [0.717, 1.165) is 31.8 Å². The quantitative estimate of drug-likeness (QED) is 0.663. The molecule has 0 bridgehead atoms. The Morgan fingerprint density at radius 1 is 1.69 bits per heavy atom. The van der Waals surface area contributed by atoms with Crippen LogP contribution in [0.4, 0.5) is 0 Å². The zero-order valence-electron chi connectivity index (χ0n) is 7.63. The van der Waals surface area contributed by atoms with E-state index < -0.39 is 0 Å². The van der Waals surface area contributed by atoms with Crippen LogP contribution in [0.1, 0.15) is 12.1 Å². The lowest BCUT2D eigenvalue weighted by molar-refractivity contribution is 0.194. The normalized spacial score (nSPS) is 10.5. The van der Waals surface area contributed by atoms with Crippen LogP contribution in [-0.2, 0) is 11.3 Å². The topological polar surface area (TPSA) is 54.1 Å². The van der Waals surface area contributed by atoms with Gasteiger partial charge in [-0.2, -0.15) is 0 Å². The average Bonchev–Trinajstić information content (AvgIpc) is 2.51. The van der Waals surface area contributed by atoms with Crippen molar-refractivity contribution in [1.29, 1.82) is 0 Å². The van der Waals surface area contributed by atoms with Gasteiger partial charge in [0.1, 0.15) is 0 Å². The van der Waals surface area contributed by atoms with Gasteiger partial charge in [-0.25, -0.2) is 0 Å². The number of hydrogen-bond donors (Lipinski definition) is 2. The van der Waals surface area contributed by atoms with Crippen LogP contribution in [0.2, 0.25) is 0 Å². The second-order valence-electron chi connectivity index (χ2n) is 2.70. The Morgan fingerprint density at radius 3 is 3.15 bits per heavy atom. The highest BCUT2D eigenvalue weighted by Crippen LogP contribution is 1.94. The fourth-order valence-electron chi connectivity index (χ4n) is 0.965. The Bertz CT molecular complexity index is 282. The van der Waals surface area contributed by atoms with Crippen molar-refractivity contribution in [3.8, 4) is 0 Å². The van der Waals surface area contributed by atoms with Crippen LogP contribution in [0.5, 0.6) is 0 Å². The first-order valence-electron chi connectivity index (χ1n) is 4.19. The molecule has 1 aromatic rings. The molecule has 0 aromatic carbocycles. The number of aromatic nitrogens is 1. The largest absolute Gasteiger partial charge is 0.385 e. The summed E-state index contributed by atoms with van der Waals surface area (Å²) >= 11 is 1.20. The highest BCUT2D eigenvalue weighted by molar-refractivity contribution is 7.07. The predicted octanol–water partition coefficient (Wildman–Crippen LogP) is 0.562. The van der Waals surface area contributed by atoms with E-state index >= 15 is 0 Å². The zero-order valence-corrected chi connectivity index (χ0v) is 8.45. The van der Waals surface area contributed by atoms with E-state index in [1.54, 1.807) is 7.11 Å². The fraction of sp³-hybridized carbons (Fsp3) is 0.625. The molecule has 0 aliphatic rings. The summed E-state index contributed by atoms with van der Waals surface area (Å²) in [5.74, 6) is 0. The summed E-state index contributed by atoms with van der Waals surface area (Å²) in [5.41, 5.74) is 0.951. The molecule has 74 valence electrons. The number of H-pyrrole nitrogens is 1. The van der Waals surface area contributed by atoms with Gasteiger partial charge in [-0.05, 0) is 13.0 Å². The van der Waals surface area contributed by atoms with Crippen LogP contribution in [0, 0.1) is 0 Å². The summed E-state index contributed by atoms with van der Waals surface area (Å²) in [4.78, 5) is 13.5. The summed E-state index contributed by atoms with van der Waals surface area (Å²) in [7, 11) is 1.69. The van der Waals surface area contributed by atoms with Crippen molar-refractivity contribution in [3.05, 3.63) is 20.7 Å². The minimum atomic E-state index is 0.00805. The van der Waals surface area contributed by atoms with Crippen molar-refractivity contribution in [2.24, 2.45) is 0 Å². The molecule has 0 spiro atoms. The van der Waals surface area contributed by atoms with E-state index in [0.29, 0.717) is 0 Å². The van der Waals surface area contributed by atoms with Gasteiger partial charge in [-0.3, -0.25) is 4.79 Å². The van der Waals surface area contributed by atoms with Crippen molar-refractivity contribution in [2.45, 2.75) is 13.0 Å². The molecule has 0 fully saturated rings. The van der Waals surface area contributed by atoms with Crippen molar-refractivity contribution >= 4 is 11.3 Å². The predicted molar refractivity (Wildman–Crippen MR) is 53.1 cm³/mol. The third kappa shape index (κ3) is 4.21. The second-order valence-corrected chi connectivity index (χ2v) is 3.54. The summed E-state index contributed by atoms with van der Waals surface area (Å²) in [6, 6.07) is 0. The Morgan fingerprint density at radius 2 is 2.54 bits per heavy atom. The molecule has 1 heterocycles. The molecule has 0 unspecified atom stereocenters. The number of methoxy groups -OCH3 is 1. The van der Waals surface area contributed by atoms with E-state index in [-0.39, 0.29) is 4.87 Å². The molecule has 1 aromatic heterocycles. The SMILES string of the molecule is COCCCNCc1csc(=O)[nH]1. The molecule has 2 N–H and O–H groups in total. The lowest BCUT2D eigenvalue weighted by Crippen LogP contribution is -2.16.